The monoisotopic (exact) mass is 528 g/mol. The zero-order valence-electron chi connectivity index (χ0n) is 19.9. The van der Waals surface area contributed by atoms with Gasteiger partial charge in [0, 0.05) is 7.05 Å². The molecule has 1 saturated heterocycles. The fourth-order valence-electron chi connectivity index (χ4n) is 6.19. The van der Waals surface area contributed by atoms with Crippen molar-refractivity contribution in [3.05, 3.63) is 85.3 Å². The van der Waals surface area contributed by atoms with Crippen LogP contribution in [0.3, 0.4) is 0 Å². The van der Waals surface area contributed by atoms with Gasteiger partial charge in [0.15, 0.2) is 0 Å². The summed E-state index contributed by atoms with van der Waals surface area (Å²) in [4.78, 5) is 54.7. The molecule has 12 heteroatoms. The number of halogens is 2. The molecule has 4 unspecified atom stereocenters. The van der Waals surface area contributed by atoms with Crippen molar-refractivity contribution in [3.63, 3.8) is 0 Å². The van der Waals surface area contributed by atoms with Crippen LogP contribution in [0.25, 0.3) is 0 Å². The number of hydrogen-bond acceptors (Lipinski definition) is 6. The molecule has 3 aliphatic rings. The minimum atomic E-state index is -1.33. The summed E-state index contributed by atoms with van der Waals surface area (Å²) in [7, 11) is 1.39. The number of allylic oxidation sites excluding steroid dienone is 2. The van der Waals surface area contributed by atoms with Gasteiger partial charge in [0.25, 0.3) is 0 Å². The Kier molecular flexibility index (Phi) is 5.06. The van der Waals surface area contributed by atoms with Crippen molar-refractivity contribution < 1.29 is 23.5 Å². The van der Waals surface area contributed by atoms with Gasteiger partial charge in [0.2, 0.25) is 11.8 Å². The normalized spacial score (nSPS) is 26.7. The lowest BCUT2D eigenvalue weighted by atomic mass is 9.58. The standard InChI is InChI=1S/C25H22ClFN4O6/c1-25-15(21(33)30(22(25)34)12-3-5-17(27)16(26)9-12)10-18-14(20(25)19-6-4-13(11-32)37-19)7-8-29-23(35)28(2)24(36)31(18)29/h3-7,9,15,18,20,32H,8,10-11H2,1-2H3. The molecule has 1 N–H and O–H groups in total. The summed E-state index contributed by atoms with van der Waals surface area (Å²) in [5, 5.41) is 9.37. The van der Waals surface area contributed by atoms with Crippen molar-refractivity contribution in [2.45, 2.75) is 38.5 Å². The maximum Gasteiger partial charge on any atom is 0.347 e. The second kappa shape index (κ2) is 7.90. The summed E-state index contributed by atoms with van der Waals surface area (Å²) >= 11 is 5.96. The first kappa shape index (κ1) is 23.7. The number of aliphatic hydroxyl groups is 1. The highest BCUT2D eigenvalue weighted by atomic mass is 35.5. The molecule has 4 atom stereocenters. The van der Waals surface area contributed by atoms with Crippen LogP contribution in [0.2, 0.25) is 5.02 Å². The molecule has 2 aromatic heterocycles. The van der Waals surface area contributed by atoms with E-state index in [1.54, 1.807) is 25.1 Å². The Bertz CT molecular complexity index is 1650. The number of hydrogen-bond donors (Lipinski definition) is 1. The molecule has 2 fully saturated rings. The van der Waals surface area contributed by atoms with Crippen LogP contribution in [0, 0.1) is 17.2 Å². The Morgan fingerprint density at radius 1 is 1.16 bits per heavy atom. The number of furan rings is 1. The average molecular weight is 529 g/mol. The van der Waals surface area contributed by atoms with E-state index in [9.17, 15) is 28.7 Å². The fraction of sp³-hybridized carbons (Fsp3) is 0.360. The summed E-state index contributed by atoms with van der Waals surface area (Å²) in [6, 6.07) is 6.18. The molecule has 3 aromatic rings. The SMILES string of the molecule is Cn1c(=O)n2n(c1=O)C1CC3C(=O)N(c4ccc(F)c(Cl)c4)C(=O)C3(C)C(c3ccc(CO)o3)C1=CC2. The third-order valence-corrected chi connectivity index (χ3v) is 8.30. The number of amides is 2. The van der Waals surface area contributed by atoms with E-state index >= 15 is 0 Å². The van der Waals surface area contributed by atoms with E-state index in [0.29, 0.717) is 11.3 Å². The molecule has 4 heterocycles. The molecule has 37 heavy (non-hydrogen) atoms. The lowest BCUT2D eigenvalue weighted by molar-refractivity contribution is -0.129. The Morgan fingerprint density at radius 3 is 2.59 bits per heavy atom. The van der Waals surface area contributed by atoms with E-state index in [-0.39, 0.29) is 36.0 Å². The lowest BCUT2D eigenvalue weighted by Crippen LogP contribution is -2.49. The van der Waals surface area contributed by atoms with Crippen LogP contribution in [-0.2, 0) is 29.8 Å². The van der Waals surface area contributed by atoms with E-state index in [1.807, 2.05) is 0 Å². The molecule has 2 amide bonds. The van der Waals surface area contributed by atoms with Gasteiger partial charge in [-0.25, -0.2) is 32.8 Å². The van der Waals surface area contributed by atoms with E-state index in [1.165, 1.54) is 28.5 Å². The van der Waals surface area contributed by atoms with E-state index < -0.39 is 52.3 Å². The van der Waals surface area contributed by atoms with Crippen molar-refractivity contribution in [1.82, 2.24) is 13.9 Å². The van der Waals surface area contributed by atoms with Crippen molar-refractivity contribution in [2.75, 3.05) is 4.90 Å². The Hall–Kier alpha value is -3.70. The number of aromatic nitrogens is 3. The molecule has 0 radical (unpaired) electrons. The maximum absolute atomic E-state index is 14.1. The van der Waals surface area contributed by atoms with Gasteiger partial charge in [-0.05, 0) is 49.2 Å². The summed E-state index contributed by atoms with van der Waals surface area (Å²) < 4.78 is 23.4. The van der Waals surface area contributed by atoms with Crippen LogP contribution in [-0.4, -0.2) is 30.9 Å². The van der Waals surface area contributed by atoms with E-state index in [4.69, 9.17) is 16.0 Å². The highest BCUT2D eigenvalue weighted by molar-refractivity contribution is 6.31. The number of fused-ring (bicyclic) bond motifs is 4. The van der Waals surface area contributed by atoms with Gasteiger partial charge < -0.3 is 9.52 Å². The van der Waals surface area contributed by atoms with Crippen molar-refractivity contribution in [1.29, 1.82) is 0 Å². The van der Waals surface area contributed by atoms with Crippen LogP contribution in [0.1, 0.15) is 36.8 Å². The molecule has 2 aliphatic heterocycles. The molecule has 10 nitrogen and oxygen atoms in total. The topological polar surface area (TPSA) is 120 Å². The first-order valence-electron chi connectivity index (χ1n) is 11.7. The molecule has 192 valence electrons. The van der Waals surface area contributed by atoms with Crippen LogP contribution in [0.15, 0.2) is 56.0 Å². The Balaban J connectivity index is 1.57. The summed E-state index contributed by atoms with van der Waals surface area (Å²) in [6.45, 7) is 1.42. The minimum Gasteiger partial charge on any atom is -0.463 e. The smallest absolute Gasteiger partial charge is 0.347 e. The van der Waals surface area contributed by atoms with Crippen molar-refractivity contribution in [3.8, 4) is 0 Å². The van der Waals surface area contributed by atoms with Crippen LogP contribution < -0.4 is 16.3 Å². The number of imide groups is 1. The number of carbonyl (C=O) groups excluding carboxylic acids is 2. The average Bonchev–Trinajstić information content (AvgIpc) is 3.49. The second-order valence-corrected chi connectivity index (χ2v) is 10.2. The summed E-state index contributed by atoms with van der Waals surface area (Å²) in [5.41, 5.74) is -1.53. The van der Waals surface area contributed by atoms with Gasteiger partial charge in [-0.3, -0.25) is 9.59 Å². The van der Waals surface area contributed by atoms with Crippen molar-refractivity contribution in [2.24, 2.45) is 18.4 Å². The largest absolute Gasteiger partial charge is 0.463 e. The number of rotatable bonds is 3. The van der Waals surface area contributed by atoms with E-state index in [2.05, 4.69) is 0 Å². The lowest BCUT2D eigenvalue weighted by Gasteiger charge is -2.46. The maximum atomic E-state index is 14.1. The highest BCUT2D eigenvalue weighted by Crippen LogP contribution is 2.61. The number of anilines is 1. The van der Waals surface area contributed by atoms with Gasteiger partial charge in [0.1, 0.15) is 23.9 Å². The van der Waals surface area contributed by atoms with Crippen LogP contribution >= 0.6 is 11.6 Å². The predicted molar refractivity (Wildman–Crippen MR) is 129 cm³/mol. The van der Waals surface area contributed by atoms with Gasteiger partial charge in [-0.1, -0.05) is 17.7 Å². The number of benzene rings is 1. The first-order chi connectivity index (χ1) is 17.6. The molecule has 6 rings (SSSR count). The third-order valence-electron chi connectivity index (χ3n) is 8.01. The quantitative estimate of drug-likeness (QED) is 0.411. The summed E-state index contributed by atoms with van der Waals surface area (Å²) in [6.07, 6.45) is 1.89. The van der Waals surface area contributed by atoms with Crippen LogP contribution in [0.4, 0.5) is 10.1 Å². The van der Waals surface area contributed by atoms with E-state index in [0.717, 1.165) is 15.5 Å². The van der Waals surface area contributed by atoms with Gasteiger partial charge in [-0.2, -0.15) is 0 Å². The Morgan fingerprint density at radius 2 is 1.92 bits per heavy atom. The second-order valence-electron chi connectivity index (χ2n) is 9.81. The zero-order chi connectivity index (χ0) is 26.4. The fourth-order valence-corrected chi connectivity index (χ4v) is 6.37. The van der Waals surface area contributed by atoms with Gasteiger partial charge in [0.05, 0.1) is 40.5 Å². The first-order valence-corrected chi connectivity index (χ1v) is 12.1. The van der Waals surface area contributed by atoms with Gasteiger partial charge in [-0.15, -0.1) is 0 Å². The highest BCUT2D eigenvalue weighted by Gasteiger charge is 2.66. The number of aliphatic hydroxyl groups excluding tert-OH is 1. The molecule has 1 saturated carbocycles. The zero-order valence-corrected chi connectivity index (χ0v) is 20.6. The van der Waals surface area contributed by atoms with Crippen LogP contribution in [0.5, 0.6) is 0 Å². The van der Waals surface area contributed by atoms with Gasteiger partial charge >= 0.3 is 11.4 Å². The minimum absolute atomic E-state index is 0.0890. The molecule has 0 bridgehead atoms. The van der Waals surface area contributed by atoms with Crippen molar-refractivity contribution >= 4 is 29.1 Å². The Labute approximate surface area is 213 Å². The molecular formula is C25H22ClFN4O6. The molecular weight excluding hydrogens is 507 g/mol. The molecule has 1 aromatic carbocycles. The third kappa shape index (κ3) is 3.01. The number of nitrogens with zero attached hydrogens (tertiary/aromatic N) is 4. The molecule has 0 spiro atoms. The number of carbonyl (C=O) groups is 2. The predicted octanol–water partition coefficient (Wildman–Crippen LogP) is 2.09. The molecule has 1 aliphatic carbocycles. The summed E-state index contributed by atoms with van der Waals surface area (Å²) in [5.74, 6) is -2.75.